The number of nitrogens with one attached hydrogen (secondary N) is 1. The third kappa shape index (κ3) is 3.85. The number of likely N-dealkylation sites (tertiary alicyclic amines) is 2. The van der Waals surface area contributed by atoms with Gasteiger partial charge in [0.1, 0.15) is 11.4 Å². The number of carboxylic acids is 1. The number of hydrogen-bond acceptors (Lipinski definition) is 6. The van der Waals surface area contributed by atoms with E-state index in [1.807, 2.05) is 0 Å². The molecular weight excluding hydrogens is 450 g/mol. The van der Waals surface area contributed by atoms with Gasteiger partial charge in [0.2, 0.25) is 17.7 Å². The van der Waals surface area contributed by atoms with E-state index in [1.165, 1.54) is 7.05 Å². The Hall–Kier alpha value is -4.05. The summed E-state index contributed by atoms with van der Waals surface area (Å²) in [7, 11) is 1.36. The molecule has 0 radical (unpaired) electrons. The van der Waals surface area contributed by atoms with Crippen molar-refractivity contribution >= 4 is 29.5 Å². The number of amidine groups is 1. The first-order valence-electron chi connectivity index (χ1n) is 11.2. The van der Waals surface area contributed by atoms with E-state index in [4.69, 9.17) is 16.9 Å². The Morgan fingerprint density at radius 1 is 1.03 bits per heavy atom. The lowest BCUT2D eigenvalue weighted by Gasteiger charge is -2.40. The van der Waals surface area contributed by atoms with Crippen LogP contribution in [0.3, 0.4) is 0 Å². The van der Waals surface area contributed by atoms with Crippen molar-refractivity contribution in [3.05, 3.63) is 71.3 Å². The first-order chi connectivity index (χ1) is 16.6. The van der Waals surface area contributed by atoms with Gasteiger partial charge in [0.15, 0.2) is 0 Å². The molecule has 2 aromatic rings. The van der Waals surface area contributed by atoms with Crippen LogP contribution in [-0.2, 0) is 25.6 Å². The standard InChI is InChI=1S/C25H27N5O5/c1-29-22(32)18-19(23(29)33)25(24(34)35,13-14-5-3-2-4-6-14)30(12-11-17(26)31)20(18)15-7-9-16(10-8-15)21(27)28/h2-10,18-20H,11-13H2,1H3,(H2,26,31)(H3,27,28)(H,34,35). The van der Waals surface area contributed by atoms with Gasteiger partial charge in [-0.25, -0.2) is 0 Å². The van der Waals surface area contributed by atoms with E-state index in [9.17, 15) is 24.3 Å². The second kappa shape index (κ2) is 8.95. The van der Waals surface area contributed by atoms with Crippen LogP contribution in [0.2, 0.25) is 0 Å². The zero-order chi connectivity index (χ0) is 25.5. The fourth-order valence-corrected chi connectivity index (χ4v) is 5.54. The van der Waals surface area contributed by atoms with Gasteiger partial charge in [0, 0.05) is 38.0 Å². The third-order valence-electron chi connectivity index (χ3n) is 7.12. The lowest BCUT2D eigenvalue weighted by atomic mass is 9.75. The molecule has 35 heavy (non-hydrogen) atoms. The van der Waals surface area contributed by atoms with Gasteiger partial charge >= 0.3 is 5.97 Å². The minimum atomic E-state index is -1.79. The maximum absolute atomic E-state index is 13.4. The number of nitrogen functional groups attached to an aromatic ring is 1. The van der Waals surface area contributed by atoms with Gasteiger partial charge in [-0.2, -0.15) is 0 Å². The van der Waals surface area contributed by atoms with Crippen molar-refractivity contribution in [2.75, 3.05) is 13.6 Å². The van der Waals surface area contributed by atoms with Gasteiger partial charge < -0.3 is 16.6 Å². The van der Waals surface area contributed by atoms with Crippen LogP contribution in [-0.4, -0.2) is 63.6 Å². The van der Waals surface area contributed by atoms with Crippen LogP contribution in [0.5, 0.6) is 0 Å². The van der Waals surface area contributed by atoms with E-state index >= 15 is 0 Å². The molecule has 182 valence electrons. The summed E-state index contributed by atoms with van der Waals surface area (Å²) in [6.07, 6.45) is -0.193. The topological polar surface area (TPSA) is 171 Å². The first-order valence-corrected chi connectivity index (χ1v) is 11.2. The molecule has 6 N–H and O–H groups in total. The molecule has 2 aliphatic rings. The monoisotopic (exact) mass is 477 g/mol. The van der Waals surface area contributed by atoms with Gasteiger partial charge in [0.25, 0.3) is 0 Å². The Kier molecular flexibility index (Phi) is 6.16. The van der Waals surface area contributed by atoms with Crippen molar-refractivity contribution in [1.82, 2.24) is 9.80 Å². The Labute approximate surface area is 202 Å². The van der Waals surface area contributed by atoms with Crippen molar-refractivity contribution in [1.29, 1.82) is 5.41 Å². The number of nitrogens with two attached hydrogens (primary N) is 2. The molecule has 0 saturated carbocycles. The summed E-state index contributed by atoms with van der Waals surface area (Å²) < 4.78 is 0. The summed E-state index contributed by atoms with van der Waals surface area (Å²) in [5.41, 5.74) is 10.9. The number of aliphatic carboxylic acids is 1. The quantitative estimate of drug-likeness (QED) is 0.243. The second-order valence-corrected chi connectivity index (χ2v) is 9.02. The summed E-state index contributed by atoms with van der Waals surface area (Å²) >= 11 is 0. The lowest BCUT2D eigenvalue weighted by molar-refractivity contribution is -0.158. The van der Waals surface area contributed by atoms with E-state index in [0.29, 0.717) is 16.7 Å². The van der Waals surface area contributed by atoms with Crippen LogP contribution < -0.4 is 11.5 Å². The van der Waals surface area contributed by atoms with Crippen LogP contribution in [0.1, 0.15) is 29.2 Å². The highest BCUT2D eigenvalue weighted by molar-refractivity contribution is 6.09. The summed E-state index contributed by atoms with van der Waals surface area (Å²) in [4.78, 5) is 54.2. The maximum atomic E-state index is 13.4. The van der Waals surface area contributed by atoms with Crippen molar-refractivity contribution in [3.63, 3.8) is 0 Å². The molecule has 10 nitrogen and oxygen atoms in total. The molecule has 4 atom stereocenters. The van der Waals surface area contributed by atoms with Crippen molar-refractivity contribution in [2.24, 2.45) is 23.3 Å². The molecule has 2 fully saturated rings. The molecule has 4 rings (SSSR count). The minimum absolute atomic E-state index is 0.0437. The molecule has 2 aromatic carbocycles. The second-order valence-electron chi connectivity index (χ2n) is 9.02. The Balaban J connectivity index is 1.94. The minimum Gasteiger partial charge on any atom is -0.480 e. The van der Waals surface area contributed by atoms with Crippen LogP contribution in [0.25, 0.3) is 0 Å². The normalized spacial score (nSPS) is 26.1. The van der Waals surface area contributed by atoms with E-state index in [-0.39, 0.29) is 25.2 Å². The van der Waals surface area contributed by atoms with Gasteiger partial charge in [0.05, 0.1) is 11.8 Å². The Morgan fingerprint density at radius 3 is 2.20 bits per heavy atom. The van der Waals surface area contributed by atoms with Crippen LogP contribution in [0.4, 0.5) is 0 Å². The molecule has 0 bridgehead atoms. The van der Waals surface area contributed by atoms with Crippen molar-refractivity contribution in [2.45, 2.75) is 24.4 Å². The number of imide groups is 1. The molecule has 0 spiro atoms. The number of benzene rings is 2. The lowest BCUT2D eigenvalue weighted by Crippen LogP contribution is -2.59. The van der Waals surface area contributed by atoms with E-state index in [0.717, 1.165) is 4.90 Å². The average Bonchev–Trinajstić information content (AvgIpc) is 3.24. The van der Waals surface area contributed by atoms with E-state index in [1.54, 1.807) is 59.5 Å². The fraction of sp³-hybridized carbons (Fsp3) is 0.320. The van der Waals surface area contributed by atoms with E-state index in [2.05, 4.69) is 0 Å². The molecule has 0 aromatic heterocycles. The van der Waals surface area contributed by atoms with Gasteiger partial charge in [-0.3, -0.25) is 34.4 Å². The molecular formula is C25H27N5O5. The number of nitrogens with zero attached hydrogens (tertiary/aromatic N) is 2. The summed E-state index contributed by atoms with van der Waals surface area (Å²) in [5.74, 6) is -5.18. The van der Waals surface area contributed by atoms with Gasteiger partial charge in [-0.15, -0.1) is 0 Å². The number of hydrogen-bond donors (Lipinski definition) is 4. The zero-order valence-corrected chi connectivity index (χ0v) is 19.2. The Morgan fingerprint density at radius 2 is 1.66 bits per heavy atom. The summed E-state index contributed by atoms with van der Waals surface area (Å²) in [6.45, 7) is -0.0507. The average molecular weight is 478 g/mol. The number of rotatable bonds is 8. The summed E-state index contributed by atoms with van der Waals surface area (Å²) in [5, 5.41) is 18.3. The van der Waals surface area contributed by atoms with Gasteiger partial charge in [-0.05, 0) is 11.1 Å². The molecule has 3 amide bonds. The first kappa shape index (κ1) is 24.1. The summed E-state index contributed by atoms with van der Waals surface area (Å²) in [6, 6.07) is 14.7. The van der Waals surface area contributed by atoms with Gasteiger partial charge in [-0.1, -0.05) is 54.6 Å². The molecule has 0 aliphatic carbocycles. The third-order valence-corrected chi connectivity index (χ3v) is 7.12. The van der Waals surface area contributed by atoms with Crippen LogP contribution in [0, 0.1) is 17.2 Å². The number of fused-ring (bicyclic) bond motifs is 1. The molecule has 10 heteroatoms. The van der Waals surface area contributed by atoms with Crippen molar-refractivity contribution in [3.8, 4) is 0 Å². The number of amides is 3. The SMILES string of the molecule is CN1C(=O)C2C(c3ccc(C(=N)N)cc3)N(CCC(N)=O)C(Cc3ccccc3)(C(=O)O)C2C1=O. The molecule has 2 aliphatic heterocycles. The number of carbonyl (C=O) groups excluding carboxylic acids is 3. The highest BCUT2D eigenvalue weighted by atomic mass is 16.4. The number of carboxylic acid groups (broad SMARTS) is 1. The fourth-order valence-electron chi connectivity index (χ4n) is 5.54. The number of carbonyl (C=O) groups is 4. The van der Waals surface area contributed by atoms with E-state index < -0.39 is 47.1 Å². The molecule has 4 unspecified atom stereocenters. The highest BCUT2D eigenvalue weighted by Crippen LogP contribution is 2.56. The van der Waals surface area contributed by atoms with Crippen LogP contribution in [0.15, 0.2) is 54.6 Å². The highest BCUT2D eigenvalue weighted by Gasteiger charge is 2.71. The number of primary amides is 1. The predicted molar refractivity (Wildman–Crippen MR) is 126 cm³/mol. The zero-order valence-electron chi connectivity index (χ0n) is 19.2. The predicted octanol–water partition coefficient (Wildman–Crippen LogP) is 0.500. The maximum Gasteiger partial charge on any atom is 0.325 e. The molecule has 2 heterocycles. The van der Waals surface area contributed by atoms with Crippen LogP contribution >= 0.6 is 0 Å². The molecule has 2 saturated heterocycles. The van der Waals surface area contributed by atoms with Crippen molar-refractivity contribution < 1.29 is 24.3 Å². The Bertz CT molecular complexity index is 1200. The smallest absolute Gasteiger partial charge is 0.325 e. The largest absolute Gasteiger partial charge is 0.480 e.